The molecule has 0 aromatic rings. The van der Waals surface area contributed by atoms with Crippen LogP contribution in [0.15, 0.2) is 0 Å². The van der Waals surface area contributed by atoms with E-state index in [2.05, 4.69) is 0 Å². The number of hydrogen-bond donors (Lipinski definition) is 1. The molecule has 0 aromatic carbocycles. The zero-order valence-electron chi connectivity index (χ0n) is 5.46. The lowest BCUT2D eigenvalue weighted by Crippen LogP contribution is -2.19. The fourth-order valence-corrected chi connectivity index (χ4v) is 0.942. The third-order valence-electron chi connectivity index (χ3n) is 1.54. The summed E-state index contributed by atoms with van der Waals surface area (Å²) in [6, 6.07) is 0. The first-order valence-corrected chi connectivity index (χ1v) is 3.12. The summed E-state index contributed by atoms with van der Waals surface area (Å²) in [5, 5.41) is 0. The predicted molar refractivity (Wildman–Crippen MR) is 33.0 cm³/mol. The smallest absolute Gasteiger partial charge is 0.163 e. The molecule has 0 spiro atoms. The molecule has 0 aromatic heterocycles. The van der Waals surface area contributed by atoms with Crippen LogP contribution in [-0.4, -0.2) is 24.5 Å². The number of ketones is 1. The Morgan fingerprint density at radius 3 is 2.78 bits per heavy atom. The van der Waals surface area contributed by atoms with Crippen LogP contribution in [0.1, 0.15) is 13.3 Å². The first-order valence-electron chi connectivity index (χ1n) is 3.12. The Kier molecular flexibility index (Phi) is 1.83. The minimum Gasteiger partial charge on any atom is -0.366 e. The van der Waals surface area contributed by atoms with E-state index in [1.165, 1.54) is 0 Å². The molecule has 1 fully saturated rings. The van der Waals surface area contributed by atoms with Gasteiger partial charge in [0.2, 0.25) is 0 Å². The van der Waals surface area contributed by atoms with E-state index < -0.39 is 0 Å². The summed E-state index contributed by atoms with van der Waals surface area (Å²) >= 11 is 0. The third kappa shape index (κ3) is 1.28. The van der Waals surface area contributed by atoms with E-state index >= 15 is 0 Å². The van der Waals surface area contributed by atoms with Gasteiger partial charge in [-0.05, 0) is 6.92 Å². The predicted octanol–water partition coefficient (Wildman–Crippen LogP) is -0.308. The zero-order chi connectivity index (χ0) is 6.85. The topological polar surface area (TPSA) is 52.3 Å². The molecule has 2 unspecified atom stereocenters. The molecule has 3 heteroatoms. The zero-order valence-corrected chi connectivity index (χ0v) is 5.46. The summed E-state index contributed by atoms with van der Waals surface area (Å²) in [6.07, 6.45) is 0.253. The Balaban J connectivity index is 2.44. The number of carbonyl (C=O) groups excluding carboxylic acids is 1. The Labute approximate surface area is 54.2 Å². The summed E-state index contributed by atoms with van der Waals surface area (Å²) in [6.45, 7) is 2.22. The van der Waals surface area contributed by atoms with Gasteiger partial charge in [0.25, 0.3) is 0 Å². The SMILES string of the molecule is CC1OC(CN)CC1=O. The largest absolute Gasteiger partial charge is 0.366 e. The highest BCUT2D eigenvalue weighted by Crippen LogP contribution is 2.13. The van der Waals surface area contributed by atoms with Gasteiger partial charge >= 0.3 is 0 Å². The second-order valence-electron chi connectivity index (χ2n) is 2.31. The number of Topliss-reactive ketones (excluding diaryl/α,β-unsaturated/α-hetero) is 1. The first-order chi connectivity index (χ1) is 4.24. The highest BCUT2D eigenvalue weighted by Gasteiger charge is 2.28. The minimum absolute atomic E-state index is 0.0208. The van der Waals surface area contributed by atoms with Crippen molar-refractivity contribution < 1.29 is 9.53 Å². The second-order valence-corrected chi connectivity index (χ2v) is 2.31. The first kappa shape index (κ1) is 6.71. The molecule has 1 heterocycles. The lowest BCUT2D eigenvalue weighted by molar-refractivity contribution is -0.121. The average molecular weight is 129 g/mol. The van der Waals surface area contributed by atoms with E-state index in [1.54, 1.807) is 6.92 Å². The molecule has 1 saturated heterocycles. The van der Waals surface area contributed by atoms with Gasteiger partial charge < -0.3 is 10.5 Å². The van der Waals surface area contributed by atoms with Crippen LogP contribution in [0.25, 0.3) is 0 Å². The third-order valence-corrected chi connectivity index (χ3v) is 1.54. The summed E-state index contributed by atoms with van der Waals surface area (Å²) in [7, 11) is 0. The number of nitrogens with two attached hydrogens (primary N) is 1. The van der Waals surface area contributed by atoms with Crippen LogP contribution >= 0.6 is 0 Å². The van der Waals surface area contributed by atoms with Crippen molar-refractivity contribution in [1.82, 2.24) is 0 Å². The highest BCUT2D eigenvalue weighted by molar-refractivity contribution is 5.84. The normalized spacial score (nSPS) is 35.6. The second kappa shape index (κ2) is 2.45. The minimum atomic E-state index is -0.224. The quantitative estimate of drug-likeness (QED) is 0.528. The van der Waals surface area contributed by atoms with Crippen molar-refractivity contribution in [1.29, 1.82) is 0 Å². The van der Waals surface area contributed by atoms with Crippen molar-refractivity contribution in [2.45, 2.75) is 25.6 Å². The van der Waals surface area contributed by atoms with Crippen molar-refractivity contribution in [3.8, 4) is 0 Å². The molecule has 2 N–H and O–H groups in total. The fourth-order valence-electron chi connectivity index (χ4n) is 0.942. The van der Waals surface area contributed by atoms with E-state index in [0.717, 1.165) is 0 Å². The van der Waals surface area contributed by atoms with Gasteiger partial charge in [-0.1, -0.05) is 0 Å². The van der Waals surface area contributed by atoms with Gasteiger partial charge in [0.1, 0.15) is 6.10 Å². The molecule has 9 heavy (non-hydrogen) atoms. The van der Waals surface area contributed by atoms with Gasteiger partial charge in [-0.3, -0.25) is 4.79 Å². The number of ether oxygens (including phenoxy) is 1. The van der Waals surface area contributed by atoms with Crippen LogP contribution in [0, 0.1) is 0 Å². The van der Waals surface area contributed by atoms with E-state index in [1.807, 2.05) is 0 Å². The molecule has 0 saturated carbocycles. The van der Waals surface area contributed by atoms with Gasteiger partial charge in [0.15, 0.2) is 5.78 Å². The Hall–Kier alpha value is -0.410. The summed E-state index contributed by atoms with van der Waals surface area (Å²) in [5.41, 5.74) is 5.28. The van der Waals surface area contributed by atoms with Gasteiger partial charge in [0.05, 0.1) is 6.10 Å². The number of hydrogen-bond acceptors (Lipinski definition) is 3. The summed E-state index contributed by atoms with van der Waals surface area (Å²) in [4.78, 5) is 10.8. The molecule has 0 amide bonds. The van der Waals surface area contributed by atoms with E-state index in [0.29, 0.717) is 13.0 Å². The molecule has 0 bridgehead atoms. The molecule has 0 aliphatic carbocycles. The standard InChI is InChI=1S/C6H11NO2/c1-4-6(8)2-5(3-7)9-4/h4-5H,2-3,7H2,1H3. The van der Waals surface area contributed by atoms with Crippen molar-refractivity contribution in [3.63, 3.8) is 0 Å². The Morgan fingerprint density at radius 1 is 1.89 bits per heavy atom. The lowest BCUT2D eigenvalue weighted by atomic mass is 10.2. The van der Waals surface area contributed by atoms with Crippen LogP contribution in [0.5, 0.6) is 0 Å². The van der Waals surface area contributed by atoms with Crippen LogP contribution in [0.2, 0.25) is 0 Å². The summed E-state index contributed by atoms with van der Waals surface area (Å²) < 4.78 is 5.15. The molecular formula is C6H11NO2. The number of carbonyl (C=O) groups is 1. The monoisotopic (exact) mass is 129 g/mol. The van der Waals surface area contributed by atoms with Gasteiger partial charge in [-0.15, -0.1) is 0 Å². The van der Waals surface area contributed by atoms with E-state index in [4.69, 9.17) is 10.5 Å². The van der Waals surface area contributed by atoms with Crippen LogP contribution in [0.3, 0.4) is 0 Å². The van der Waals surface area contributed by atoms with E-state index in [9.17, 15) is 4.79 Å². The molecule has 3 nitrogen and oxygen atoms in total. The Morgan fingerprint density at radius 2 is 2.56 bits per heavy atom. The van der Waals surface area contributed by atoms with Crippen molar-refractivity contribution >= 4 is 5.78 Å². The molecule has 1 rings (SSSR count). The maximum absolute atomic E-state index is 10.8. The van der Waals surface area contributed by atoms with Crippen molar-refractivity contribution in [2.75, 3.05) is 6.54 Å². The maximum Gasteiger partial charge on any atom is 0.163 e. The molecule has 0 radical (unpaired) electrons. The van der Waals surface area contributed by atoms with Gasteiger partial charge in [-0.2, -0.15) is 0 Å². The number of rotatable bonds is 1. The molecule has 1 aliphatic rings. The Bertz CT molecular complexity index is 124. The van der Waals surface area contributed by atoms with Crippen molar-refractivity contribution in [2.24, 2.45) is 5.73 Å². The van der Waals surface area contributed by atoms with Gasteiger partial charge in [0, 0.05) is 13.0 Å². The van der Waals surface area contributed by atoms with Crippen LogP contribution < -0.4 is 5.73 Å². The lowest BCUT2D eigenvalue weighted by Gasteiger charge is -2.04. The average Bonchev–Trinajstić information content (AvgIpc) is 2.13. The van der Waals surface area contributed by atoms with Crippen LogP contribution in [-0.2, 0) is 9.53 Å². The molecule has 1 aliphatic heterocycles. The molecule has 2 atom stereocenters. The fraction of sp³-hybridized carbons (Fsp3) is 0.833. The van der Waals surface area contributed by atoms with Crippen LogP contribution in [0.4, 0.5) is 0 Å². The molecular weight excluding hydrogens is 118 g/mol. The summed E-state index contributed by atoms with van der Waals surface area (Å²) in [5.74, 6) is 0.172. The van der Waals surface area contributed by atoms with Crippen molar-refractivity contribution in [3.05, 3.63) is 0 Å². The van der Waals surface area contributed by atoms with Gasteiger partial charge in [-0.25, -0.2) is 0 Å². The van der Waals surface area contributed by atoms with E-state index in [-0.39, 0.29) is 18.0 Å². The highest BCUT2D eigenvalue weighted by atomic mass is 16.5. The maximum atomic E-state index is 10.8. The molecule has 52 valence electrons.